The van der Waals surface area contributed by atoms with Crippen LogP contribution in [0.3, 0.4) is 0 Å². The standard InChI is InChI=1S/C34H50Cl2N4O9/c1-26-20-31(33(42)38-23-27-6-8-28(36)9-7-27)40(24-26)32(41)22-30-21-29(39-49-30)25-48-34(43)37-11-13-45-15-17-47-19-18-46-16-14-44-12-5-3-2-4-10-35/h6-9,21,26,31H,2-5,10-20,22-25H2,1H3,(H,37,43)(H,38,42). The second-order valence-electron chi connectivity index (χ2n) is 11.8. The SMILES string of the molecule is CC1CC(C(=O)NCc2ccc(Cl)cc2)N(C(=O)Cc2cc(COC(=O)NCCOCCOCCOCCOCCCCCCCl)no2)C1. The number of alkyl carbamates (subject to hydrolysis) is 1. The zero-order chi connectivity index (χ0) is 35.1. The summed E-state index contributed by atoms with van der Waals surface area (Å²) in [6, 6.07) is 8.22. The van der Waals surface area contributed by atoms with Crippen LogP contribution >= 0.6 is 23.2 Å². The number of aromatic nitrogens is 1. The first-order chi connectivity index (χ1) is 23.9. The van der Waals surface area contributed by atoms with Gasteiger partial charge >= 0.3 is 6.09 Å². The van der Waals surface area contributed by atoms with E-state index in [1.807, 2.05) is 19.1 Å². The van der Waals surface area contributed by atoms with Crippen molar-refractivity contribution in [3.05, 3.63) is 52.4 Å². The first-order valence-corrected chi connectivity index (χ1v) is 17.8. The first kappa shape index (κ1) is 40.5. The minimum absolute atomic E-state index is 0.0632. The number of nitrogens with zero attached hydrogens (tertiary/aromatic N) is 2. The Morgan fingerprint density at radius 3 is 2.24 bits per heavy atom. The molecule has 0 spiro atoms. The molecule has 2 unspecified atom stereocenters. The summed E-state index contributed by atoms with van der Waals surface area (Å²) in [5.41, 5.74) is 1.28. The van der Waals surface area contributed by atoms with Crippen LogP contribution in [0.15, 0.2) is 34.9 Å². The number of hydrogen-bond acceptors (Lipinski definition) is 10. The molecule has 1 aromatic carbocycles. The van der Waals surface area contributed by atoms with Gasteiger partial charge in [0.1, 0.15) is 24.1 Å². The number of benzene rings is 1. The molecule has 1 aromatic heterocycles. The topological polar surface area (TPSA) is 151 Å². The van der Waals surface area contributed by atoms with E-state index in [-0.39, 0.29) is 37.3 Å². The van der Waals surface area contributed by atoms with Gasteiger partial charge in [0.25, 0.3) is 0 Å². The highest BCUT2D eigenvalue weighted by Gasteiger charge is 2.37. The molecule has 1 aliphatic heterocycles. The number of hydrogen-bond donors (Lipinski definition) is 2. The van der Waals surface area contributed by atoms with E-state index in [0.29, 0.717) is 82.2 Å². The van der Waals surface area contributed by atoms with E-state index in [2.05, 4.69) is 15.8 Å². The minimum atomic E-state index is -0.633. The van der Waals surface area contributed by atoms with E-state index >= 15 is 0 Å². The van der Waals surface area contributed by atoms with E-state index in [9.17, 15) is 14.4 Å². The van der Waals surface area contributed by atoms with Gasteiger partial charge in [-0.15, -0.1) is 11.6 Å². The summed E-state index contributed by atoms with van der Waals surface area (Å²) >= 11 is 11.6. The lowest BCUT2D eigenvalue weighted by atomic mass is 10.1. The molecular formula is C34H50Cl2N4O9. The van der Waals surface area contributed by atoms with Crippen LogP contribution in [-0.4, -0.2) is 106 Å². The second kappa shape index (κ2) is 24.2. The lowest BCUT2D eigenvalue weighted by molar-refractivity contribution is -0.138. The van der Waals surface area contributed by atoms with E-state index in [4.69, 9.17) is 51.4 Å². The lowest BCUT2D eigenvalue weighted by Crippen LogP contribution is -2.46. The zero-order valence-corrected chi connectivity index (χ0v) is 29.8. The Balaban J connectivity index is 1.19. The maximum absolute atomic E-state index is 13.1. The fourth-order valence-corrected chi connectivity index (χ4v) is 5.38. The molecule has 2 heterocycles. The summed E-state index contributed by atoms with van der Waals surface area (Å²) in [5, 5.41) is 10.0. The van der Waals surface area contributed by atoms with Crippen molar-refractivity contribution in [3.63, 3.8) is 0 Å². The maximum atomic E-state index is 13.1. The molecular weight excluding hydrogens is 679 g/mol. The Morgan fingerprint density at radius 1 is 0.898 bits per heavy atom. The molecule has 1 saturated heterocycles. The third kappa shape index (κ3) is 17.0. The largest absolute Gasteiger partial charge is 0.443 e. The third-order valence-electron chi connectivity index (χ3n) is 7.60. The number of carbonyl (C=O) groups excluding carboxylic acids is 3. The van der Waals surface area contributed by atoms with Gasteiger partial charge in [-0.2, -0.15) is 0 Å². The number of halogens is 2. The number of amides is 3. The van der Waals surface area contributed by atoms with Crippen LogP contribution in [-0.2, 0) is 52.8 Å². The lowest BCUT2D eigenvalue weighted by Gasteiger charge is -2.23. The van der Waals surface area contributed by atoms with Crippen molar-refractivity contribution in [2.24, 2.45) is 5.92 Å². The van der Waals surface area contributed by atoms with E-state index in [0.717, 1.165) is 43.7 Å². The number of likely N-dealkylation sites (tertiary alicyclic amines) is 1. The van der Waals surface area contributed by atoms with E-state index in [1.165, 1.54) is 0 Å². The summed E-state index contributed by atoms with van der Waals surface area (Å²) in [7, 11) is 0. The van der Waals surface area contributed by atoms with Crippen LogP contribution in [0.5, 0.6) is 0 Å². The Bertz CT molecular complexity index is 1230. The zero-order valence-electron chi connectivity index (χ0n) is 28.3. The molecule has 0 saturated carbocycles. The van der Waals surface area contributed by atoms with Crippen LogP contribution in [0, 0.1) is 5.92 Å². The number of ether oxygens (including phenoxy) is 5. The highest BCUT2D eigenvalue weighted by Crippen LogP contribution is 2.24. The number of alkyl halides is 1. The average Bonchev–Trinajstić information content (AvgIpc) is 3.72. The van der Waals surface area contributed by atoms with Crippen molar-refractivity contribution in [2.45, 2.75) is 64.6 Å². The smallest absolute Gasteiger partial charge is 0.407 e. The van der Waals surface area contributed by atoms with E-state index in [1.54, 1.807) is 23.1 Å². The number of nitrogens with one attached hydrogen (secondary N) is 2. The van der Waals surface area contributed by atoms with Crippen LogP contribution in [0.2, 0.25) is 5.02 Å². The molecule has 2 atom stereocenters. The monoisotopic (exact) mass is 728 g/mol. The van der Waals surface area contributed by atoms with Gasteiger partial charge in [-0.25, -0.2) is 4.79 Å². The molecule has 1 aliphatic rings. The van der Waals surface area contributed by atoms with Crippen LogP contribution in [0.4, 0.5) is 4.79 Å². The quantitative estimate of drug-likeness (QED) is 0.110. The summed E-state index contributed by atoms with van der Waals surface area (Å²) in [6.45, 7) is 6.85. The molecule has 0 bridgehead atoms. The average molecular weight is 730 g/mol. The first-order valence-electron chi connectivity index (χ1n) is 16.9. The molecule has 0 aliphatic carbocycles. The predicted octanol–water partition coefficient (Wildman–Crippen LogP) is 4.52. The molecule has 3 amide bonds. The van der Waals surface area contributed by atoms with Gasteiger partial charge < -0.3 is 43.7 Å². The molecule has 2 aromatic rings. The van der Waals surface area contributed by atoms with Crippen molar-refractivity contribution >= 4 is 41.1 Å². The van der Waals surface area contributed by atoms with Crippen molar-refractivity contribution in [3.8, 4) is 0 Å². The molecule has 1 fully saturated rings. The number of unbranched alkanes of at least 4 members (excludes halogenated alkanes) is 3. The molecule has 274 valence electrons. The van der Waals surface area contributed by atoms with Gasteiger partial charge in [-0.3, -0.25) is 9.59 Å². The molecule has 15 heteroatoms. The summed E-state index contributed by atoms with van der Waals surface area (Å²) in [4.78, 5) is 39.7. The minimum Gasteiger partial charge on any atom is -0.443 e. The molecule has 13 nitrogen and oxygen atoms in total. The maximum Gasteiger partial charge on any atom is 0.407 e. The number of carbonyl (C=O) groups is 3. The predicted molar refractivity (Wildman–Crippen MR) is 183 cm³/mol. The summed E-state index contributed by atoms with van der Waals surface area (Å²) < 4.78 is 32.4. The third-order valence-corrected chi connectivity index (χ3v) is 8.12. The highest BCUT2D eigenvalue weighted by molar-refractivity contribution is 6.30. The van der Waals surface area contributed by atoms with Gasteiger partial charge in [0.05, 0.1) is 52.7 Å². The second-order valence-corrected chi connectivity index (χ2v) is 12.6. The molecule has 3 rings (SSSR count). The Hall–Kier alpha value is -2.94. The van der Waals surface area contributed by atoms with Crippen molar-refractivity contribution in [1.29, 1.82) is 0 Å². The van der Waals surface area contributed by atoms with Crippen molar-refractivity contribution in [2.75, 3.05) is 71.8 Å². The summed E-state index contributed by atoms with van der Waals surface area (Å²) in [6.07, 6.45) is 4.26. The van der Waals surface area contributed by atoms with Gasteiger partial charge in [0, 0.05) is 43.2 Å². The molecule has 2 N–H and O–H groups in total. The fourth-order valence-electron chi connectivity index (χ4n) is 5.07. The normalized spacial score (nSPS) is 15.8. The fraction of sp³-hybridized carbons (Fsp3) is 0.647. The highest BCUT2D eigenvalue weighted by atomic mass is 35.5. The van der Waals surface area contributed by atoms with E-state index < -0.39 is 12.1 Å². The Labute approximate surface area is 298 Å². The Morgan fingerprint density at radius 2 is 1.55 bits per heavy atom. The van der Waals surface area contributed by atoms with Crippen LogP contribution in [0.1, 0.15) is 56.0 Å². The summed E-state index contributed by atoms with van der Waals surface area (Å²) in [5.74, 6) is 0.776. The van der Waals surface area contributed by atoms with Crippen molar-refractivity contribution < 1.29 is 42.6 Å². The van der Waals surface area contributed by atoms with Crippen LogP contribution < -0.4 is 10.6 Å². The molecule has 49 heavy (non-hydrogen) atoms. The van der Waals surface area contributed by atoms with Crippen LogP contribution in [0.25, 0.3) is 0 Å². The Kier molecular flexibility index (Phi) is 20.0. The van der Waals surface area contributed by atoms with Gasteiger partial charge in [0.15, 0.2) is 0 Å². The number of rotatable bonds is 25. The molecule has 0 radical (unpaired) electrons. The van der Waals surface area contributed by atoms with Crippen molar-refractivity contribution in [1.82, 2.24) is 20.7 Å². The van der Waals surface area contributed by atoms with Gasteiger partial charge in [-0.1, -0.05) is 48.7 Å². The van der Waals surface area contributed by atoms with Gasteiger partial charge in [-0.05, 0) is 42.9 Å². The van der Waals surface area contributed by atoms with Gasteiger partial charge in [0.2, 0.25) is 11.8 Å².